The van der Waals surface area contributed by atoms with E-state index in [1.165, 1.54) is 11.1 Å². The number of carbonyl (C=O) groups excluding carboxylic acids is 1. The highest BCUT2D eigenvalue weighted by molar-refractivity contribution is 5.93. The monoisotopic (exact) mass is 434 g/mol. The molecule has 5 rings (SSSR count). The third kappa shape index (κ3) is 4.05. The van der Waals surface area contributed by atoms with Crippen LogP contribution < -0.4 is 15.0 Å². The molecular weight excluding hydrogens is 410 g/mol. The fourth-order valence-electron chi connectivity index (χ4n) is 3.74. The molecule has 0 unspecified atom stereocenters. The molecule has 0 bridgehead atoms. The van der Waals surface area contributed by atoms with Gasteiger partial charge in [0.2, 0.25) is 5.89 Å². The number of rotatable bonds is 8. The Kier molecular flexibility index (Phi) is 4.60. The lowest BCUT2D eigenvalue weighted by Gasteiger charge is -2.39. The maximum atomic E-state index is 13.4. The minimum atomic E-state index is -2.75. The van der Waals surface area contributed by atoms with Crippen LogP contribution in [0.25, 0.3) is 0 Å². The summed E-state index contributed by atoms with van der Waals surface area (Å²) in [7, 11) is 0. The van der Waals surface area contributed by atoms with Gasteiger partial charge in [0.05, 0.1) is 25.9 Å². The first kappa shape index (κ1) is 20.1. The number of hydrogen-bond acceptors (Lipinski definition) is 8. The lowest BCUT2D eigenvalue weighted by atomic mass is 9.94. The number of aryl methyl sites for hydroxylation is 1. The van der Waals surface area contributed by atoms with E-state index < -0.39 is 30.5 Å². The van der Waals surface area contributed by atoms with Crippen molar-refractivity contribution in [3.63, 3.8) is 0 Å². The van der Waals surface area contributed by atoms with E-state index in [-0.39, 0.29) is 23.3 Å². The zero-order valence-corrected chi connectivity index (χ0v) is 17.4. The predicted octanol–water partition coefficient (Wildman–Crippen LogP) is 2.47. The molecule has 11 heteroatoms. The van der Waals surface area contributed by atoms with Gasteiger partial charge in [0, 0.05) is 6.92 Å². The number of amides is 1. The summed E-state index contributed by atoms with van der Waals surface area (Å²) in [5, 5.41) is 6.98. The van der Waals surface area contributed by atoms with E-state index in [4.69, 9.17) is 9.26 Å². The fourth-order valence-corrected chi connectivity index (χ4v) is 3.74. The van der Waals surface area contributed by atoms with Crippen molar-refractivity contribution in [2.75, 3.05) is 24.6 Å². The first-order valence-electron chi connectivity index (χ1n) is 10.5. The van der Waals surface area contributed by atoms with Gasteiger partial charge >= 0.3 is 0 Å². The number of aromatic nitrogens is 4. The van der Waals surface area contributed by atoms with Gasteiger partial charge in [0.1, 0.15) is 5.54 Å². The van der Waals surface area contributed by atoms with E-state index in [1.54, 1.807) is 6.92 Å². The number of ether oxygens (including phenoxy) is 1. The molecule has 31 heavy (non-hydrogen) atoms. The number of nitrogens with zero attached hydrogens (tertiary/aromatic N) is 5. The summed E-state index contributed by atoms with van der Waals surface area (Å²) in [5.74, 6) is -1.40. The minimum Gasteiger partial charge on any atom is -0.475 e. The Balaban J connectivity index is 1.38. The maximum Gasteiger partial charge on any atom is 0.282 e. The second-order valence-electron chi connectivity index (χ2n) is 8.92. The third-order valence-corrected chi connectivity index (χ3v) is 6.01. The van der Waals surface area contributed by atoms with Gasteiger partial charge in [-0.1, -0.05) is 5.16 Å². The molecule has 0 spiro atoms. The highest BCUT2D eigenvalue weighted by atomic mass is 19.3. The van der Waals surface area contributed by atoms with E-state index in [2.05, 4.69) is 25.4 Å². The molecule has 3 aliphatic rings. The largest absolute Gasteiger partial charge is 0.475 e. The summed E-state index contributed by atoms with van der Waals surface area (Å²) in [6.07, 6.45) is 5.30. The number of anilines is 1. The number of nitrogens with one attached hydrogen (secondary N) is 1. The number of halogens is 2. The van der Waals surface area contributed by atoms with E-state index in [0.717, 1.165) is 25.7 Å². The van der Waals surface area contributed by atoms with Crippen LogP contribution in [0.2, 0.25) is 0 Å². The van der Waals surface area contributed by atoms with Crippen molar-refractivity contribution in [2.24, 2.45) is 11.8 Å². The van der Waals surface area contributed by atoms with Gasteiger partial charge in [-0.3, -0.25) is 4.79 Å². The summed E-state index contributed by atoms with van der Waals surface area (Å²) in [4.78, 5) is 27.4. The molecule has 1 atom stereocenters. The summed E-state index contributed by atoms with van der Waals surface area (Å²) < 4.78 is 37.6. The van der Waals surface area contributed by atoms with Crippen LogP contribution in [0, 0.1) is 18.8 Å². The van der Waals surface area contributed by atoms with Crippen LogP contribution in [0.1, 0.15) is 54.8 Å². The molecule has 9 nitrogen and oxygen atoms in total. The fraction of sp³-hybridized carbons (Fsp3) is 0.650. The second-order valence-corrected chi connectivity index (χ2v) is 8.92. The Hall–Kier alpha value is -2.85. The Bertz CT molecular complexity index is 999. The molecule has 3 fully saturated rings. The second kappa shape index (κ2) is 7.10. The molecular formula is C20H24F2N6O3. The van der Waals surface area contributed by atoms with Crippen LogP contribution in [-0.4, -0.2) is 51.6 Å². The standard InChI is InChI=1S/C20H24F2N6O3/c1-11-24-18(27-31-11)19(2,13-5-6-13)26-16(29)14-7-23-15(28-9-20(21,22)10-28)17(25-14)30-8-12-3-4-12/h7,12-13H,3-6,8-10H2,1-2H3,(H,26,29)/t19-/m0/s1. The third-order valence-electron chi connectivity index (χ3n) is 6.01. The van der Waals surface area contributed by atoms with Crippen molar-refractivity contribution in [1.29, 1.82) is 0 Å². The van der Waals surface area contributed by atoms with E-state index in [9.17, 15) is 13.6 Å². The van der Waals surface area contributed by atoms with Gasteiger partial charge in [0.25, 0.3) is 17.7 Å². The SMILES string of the molecule is Cc1nc([C@@](C)(NC(=O)c2cnc(N3CC(F)(F)C3)c(OCC3CC3)n2)C2CC2)no1. The quantitative estimate of drug-likeness (QED) is 0.675. The van der Waals surface area contributed by atoms with Gasteiger partial charge in [-0.05, 0) is 44.4 Å². The van der Waals surface area contributed by atoms with Crippen molar-refractivity contribution in [3.05, 3.63) is 23.6 Å². The minimum absolute atomic E-state index is 0.0499. The average Bonchev–Trinajstić information content (AvgIpc) is 3.62. The van der Waals surface area contributed by atoms with Crippen LogP contribution in [-0.2, 0) is 5.54 Å². The molecule has 2 aromatic rings. The number of hydrogen-bond donors (Lipinski definition) is 1. The zero-order valence-electron chi connectivity index (χ0n) is 17.4. The normalized spacial score (nSPS) is 21.9. The van der Waals surface area contributed by atoms with Crippen LogP contribution >= 0.6 is 0 Å². The smallest absolute Gasteiger partial charge is 0.282 e. The number of alkyl halides is 2. The summed E-state index contributed by atoms with van der Waals surface area (Å²) >= 11 is 0. The highest BCUT2D eigenvalue weighted by Crippen LogP contribution is 2.45. The van der Waals surface area contributed by atoms with Crippen LogP contribution in [0.3, 0.4) is 0 Å². The first-order chi connectivity index (χ1) is 14.7. The number of carbonyl (C=O) groups is 1. The molecule has 1 saturated heterocycles. The van der Waals surface area contributed by atoms with Crippen molar-refractivity contribution in [3.8, 4) is 5.88 Å². The van der Waals surface area contributed by atoms with Crippen LogP contribution in [0.4, 0.5) is 14.6 Å². The molecule has 3 heterocycles. The van der Waals surface area contributed by atoms with Crippen LogP contribution in [0.15, 0.2) is 10.7 Å². The van der Waals surface area contributed by atoms with Gasteiger partial charge < -0.3 is 19.5 Å². The van der Waals surface area contributed by atoms with Crippen molar-refractivity contribution >= 4 is 11.7 Å². The molecule has 2 saturated carbocycles. The molecule has 1 N–H and O–H groups in total. The summed E-state index contributed by atoms with van der Waals surface area (Å²) in [6.45, 7) is 3.10. The molecule has 0 aromatic carbocycles. The van der Waals surface area contributed by atoms with Gasteiger partial charge in [-0.15, -0.1) is 0 Å². The van der Waals surface area contributed by atoms with Crippen molar-refractivity contribution in [1.82, 2.24) is 25.4 Å². The average molecular weight is 434 g/mol. The lowest BCUT2D eigenvalue weighted by molar-refractivity contribution is -0.0270. The molecule has 1 aliphatic heterocycles. The Morgan fingerprint density at radius 1 is 1.32 bits per heavy atom. The topological polar surface area (TPSA) is 106 Å². The molecule has 2 aromatic heterocycles. The van der Waals surface area contributed by atoms with Gasteiger partial charge in [0.15, 0.2) is 17.3 Å². The maximum absolute atomic E-state index is 13.4. The zero-order chi connectivity index (χ0) is 21.8. The Labute approximate surface area is 177 Å². The lowest BCUT2D eigenvalue weighted by Crippen LogP contribution is -2.56. The van der Waals surface area contributed by atoms with E-state index in [0.29, 0.717) is 24.2 Å². The molecule has 2 aliphatic carbocycles. The van der Waals surface area contributed by atoms with Crippen molar-refractivity contribution < 1.29 is 22.8 Å². The van der Waals surface area contributed by atoms with Gasteiger partial charge in [-0.2, -0.15) is 4.98 Å². The highest BCUT2D eigenvalue weighted by Gasteiger charge is 2.48. The first-order valence-corrected chi connectivity index (χ1v) is 10.5. The molecule has 0 radical (unpaired) electrons. The molecule has 1 amide bonds. The summed E-state index contributed by atoms with van der Waals surface area (Å²) in [6, 6.07) is 0. The predicted molar refractivity (Wildman–Crippen MR) is 104 cm³/mol. The Morgan fingerprint density at radius 3 is 2.65 bits per heavy atom. The van der Waals surface area contributed by atoms with Gasteiger partial charge in [-0.25, -0.2) is 18.7 Å². The molecule has 166 valence electrons. The summed E-state index contributed by atoms with van der Waals surface area (Å²) in [5.41, 5.74) is -0.752. The van der Waals surface area contributed by atoms with Crippen LogP contribution in [0.5, 0.6) is 5.88 Å². The Morgan fingerprint density at radius 2 is 2.06 bits per heavy atom. The van der Waals surface area contributed by atoms with Crippen molar-refractivity contribution in [2.45, 2.75) is 51.0 Å². The van der Waals surface area contributed by atoms with E-state index in [1.807, 2.05) is 6.92 Å². The van der Waals surface area contributed by atoms with E-state index >= 15 is 0 Å².